The number of benzene rings is 1. The number of nitrogens with zero attached hydrogens (tertiary/aromatic N) is 1. The summed E-state index contributed by atoms with van der Waals surface area (Å²) in [5.74, 6) is 1.23. The van der Waals surface area contributed by atoms with Crippen LogP contribution in [0.15, 0.2) is 23.1 Å². The molecule has 1 aliphatic rings. The molecule has 2 rings (SSSR count). The minimum absolute atomic E-state index is 0.138. The van der Waals surface area contributed by atoms with Gasteiger partial charge in [0.05, 0.1) is 5.69 Å². The second-order valence-electron chi connectivity index (χ2n) is 6.14. The highest BCUT2D eigenvalue weighted by molar-refractivity contribution is 7.89. The third kappa shape index (κ3) is 3.16. The fraction of sp³-hybridized carbons (Fsp3) is 0.600. The van der Waals surface area contributed by atoms with Crippen LogP contribution in [-0.2, 0) is 10.0 Å². The molecule has 5 nitrogen and oxygen atoms in total. The maximum absolute atomic E-state index is 11.9. The largest absolute Gasteiger partial charge is 0.398 e. The summed E-state index contributed by atoms with van der Waals surface area (Å²) >= 11 is 0. The molecule has 1 aliphatic heterocycles. The first-order valence-corrected chi connectivity index (χ1v) is 8.84. The van der Waals surface area contributed by atoms with Gasteiger partial charge < -0.3 is 10.6 Å². The lowest BCUT2D eigenvalue weighted by Crippen LogP contribution is -2.45. The van der Waals surface area contributed by atoms with Crippen molar-refractivity contribution in [2.45, 2.75) is 38.1 Å². The van der Waals surface area contributed by atoms with Gasteiger partial charge in [-0.3, -0.25) is 0 Å². The van der Waals surface area contributed by atoms with Crippen LogP contribution in [0.5, 0.6) is 0 Å². The maximum Gasteiger partial charge on any atom is 0.242 e. The molecule has 0 spiro atoms. The van der Waals surface area contributed by atoms with Crippen LogP contribution in [0.1, 0.15) is 27.2 Å². The average Bonchev–Trinajstić information content (AvgIpc) is 2.42. The van der Waals surface area contributed by atoms with Gasteiger partial charge in [-0.25, -0.2) is 13.1 Å². The van der Waals surface area contributed by atoms with Gasteiger partial charge in [0, 0.05) is 18.3 Å². The lowest BCUT2D eigenvalue weighted by Gasteiger charge is -2.42. The van der Waals surface area contributed by atoms with E-state index in [2.05, 4.69) is 30.4 Å². The predicted octanol–water partition coefficient (Wildman–Crippen LogP) is 2.05. The molecule has 21 heavy (non-hydrogen) atoms. The smallest absolute Gasteiger partial charge is 0.242 e. The van der Waals surface area contributed by atoms with E-state index in [0.717, 1.165) is 12.2 Å². The lowest BCUT2D eigenvalue weighted by atomic mass is 9.85. The maximum atomic E-state index is 11.9. The Morgan fingerprint density at radius 1 is 1.29 bits per heavy atom. The van der Waals surface area contributed by atoms with E-state index in [1.165, 1.54) is 13.5 Å². The van der Waals surface area contributed by atoms with Crippen LogP contribution in [-0.4, -0.2) is 28.1 Å². The fourth-order valence-electron chi connectivity index (χ4n) is 3.13. The lowest BCUT2D eigenvalue weighted by molar-refractivity contribution is 0.297. The Hall–Kier alpha value is -1.27. The summed E-state index contributed by atoms with van der Waals surface area (Å²) in [5, 5.41) is 0. The summed E-state index contributed by atoms with van der Waals surface area (Å²) in [6, 6.07) is 5.63. The number of nitrogens with two attached hydrogens (primary N) is 1. The summed E-state index contributed by atoms with van der Waals surface area (Å²) in [6.45, 7) is 7.70. The first kappa shape index (κ1) is 16.1. The van der Waals surface area contributed by atoms with Crippen molar-refractivity contribution in [1.29, 1.82) is 0 Å². The Morgan fingerprint density at radius 2 is 1.95 bits per heavy atom. The summed E-state index contributed by atoms with van der Waals surface area (Å²) < 4.78 is 26.0. The van der Waals surface area contributed by atoms with Crippen molar-refractivity contribution in [3.05, 3.63) is 18.2 Å². The third-order valence-corrected chi connectivity index (χ3v) is 5.97. The van der Waals surface area contributed by atoms with Crippen LogP contribution in [0.4, 0.5) is 11.4 Å². The van der Waals surface area contributed by atoms with Gasteiger partial charge in [0.1, 0.15) is 4.90 Å². The van der Waals surface area contributed by atoms with Crippen LogP contribution in [0, 0.1) is 11.8 Å². The molecule has 6 heteroatoms. The summed E-state index contributed by atoms with van der Waals surface area (Å²) in [7, 11) is -2.12. The highest BCUT2D eigenvalue weighted by Crippen LogP contribution is 2.33. The number of hydrogen-bond donors (Lipinski definition) is 2. The van der Waals surface area contributed by atoms with Crippen molar-refractivity contribution in [2.75, 3.05) is 24.2 Å². The van der Waals surface area contributed by atoms with Crippen LogP contribution >= 0.6 is 0 Å². The number of nitrogens with one attached hydrogen (secondary N) is 1. The van der Waals surface area contributed by atoms with E-state index >= 15 is 0 Å². The van der Waals surface area contributed by atoms with Crippen molar-refractivity contribution in [1.82, 2.24) is 4.72 Å². The van der Waals surface area contributed by atoms with E-state index in [9.17, 15) is 8.42 Å². The van der Waals surface area contributed by atoms with Crippen LogP contribution < -0.4 is 15.4 Å². The van der Waals surface area contributed by atoms with Crippen molar-refractivity contribution >= 4 is 21.4 Å². The molecule has 3 unspecified atom stereocenters. The molecule has 118 valence electrons. The van der Waals surface area contributed by atoms with Crippen molar-refractivity contribution in [3.63, 3.8) is 0 Å². The molecule has 0 radical (unpaired) electrons. The molecule has 1 saturated heterocycles. The number of rotatable bonds is 3. The number of anilines is 2. The quantitative estimate of drug-likeness (QED) is 0.838. The highest BCUT2D eigenvalue weighted by Gasteiger charge is 2.29. The Morgan fingerprint density at radius 3 is 2.52 bits per heavy atom. The van der Waals surface area contributed by atoms with Crippen molar-refractivity contribution in [3.8, 4) is 0 Å². The first-order valence-electron chi connectivity index (χ1n) is 7.36. The zero-order chi connectivity index (χ0) is 15.8. The molecular weight excluding hydrogens is 286 g/mol. The van der Waals surface area contributed by atoms with E-state index in [0.29, 0.717) is 23.6 Å². The van der Waals surface area contributed by atoms with E-state index in [1.807, 2.05) is 6.07 Å². The van der Waals surface area contributed by atoms with Crippen molar-refractivity contribution in [2.24, 2.45) is 11.8 Å². The molecule has 0 bridgehead atoms. The topological polar surface area (TPSA) is 75.4 Å². The number of hydrogen-bond acceptors (Lipinski definition) is 4. The minimum atomic E-state index is -3.50. The second-order valence-corrected chi connectivity index (χ2v) is 8.00. The molecule has 0 saturated carbocycles. The Bertz CT molecular complexity index is 615. The summed E-state index contributed by atoms with van der Waals surface area (Å²) in [4.78, 5) is 2.46. The van der Waals surface area contributed by atoms with E-state index in [1.54, 1.807) is 12.1 Å². The summed E-state index contributed by atoms with van der Waals surface area (Å²) in [6.07, 6.45) is 1.22. The molecule has 3 N–H and O–H groups in total. The van der Waals surface area contributed by atoms with Gasteiger partial charge in [-0.15, -0.1) is 0 Å². The minimum Gasteiger partial charge on any atom is -0.398 e. The van der Waals surface area contributed by atoms with Crippen LogP contribution in [0.3, 0.4) is 0 Å². The van der Waals surface area contributed by atoms with Gasteiger partial charge in [-0.1, -0.05) is 13.8 Å². The Kier molecular flexibility index (Phi) is 4.49. The number of nitrogen functional groups attached to an aromatic ring is 1. The highest BCUT2D eigenvalue weighted by atomic mass is 32.2. The molecule has 1 aromatic carbocycles. The van der Waals surface area contributed by atoms with Crippen LogP contribution in [0.2, 0.25) is 0 Å². The molecule has 0 aliphatic carbocycles. The molecule has 3 atom stereocenters. The Balaban J connectivity index is 2.36. The molecule has 1 heterocycles. The average molecular weight is 311 g/mol. The molecule has 1 aromatic rings. The van der Waals surface area contributed by atoms with Gasteiger partial charge in [-0.05, 0) is 50.4 Å². The molecule has 0 amide bonds. The standard InChI is InChI=1S/C15H25N3O2S/c1-10-7-11(2)12(3)18(9-10)13-5-6-15(14(16)8-13)21(19,20)17-4/h5-6,8,10-12,17H,7,9,16H2,1-4H3. The zero-order valence-corrected chi connectivity index (χ0v) is 13.9. The zero-order valence-electron chi connectivity index (χ0n) is 13.1. The van der Waals surface area contributed by atoms with Gasteiger partial charge in [0.2, 0.25) is 10.0 Å². The van der Waals surface area contributed by atoms with Gasteiger partial charge in [0.25, 0.3) is 0 Å². The molecular formula is C15H25N3O2S. The van der Waals surface area contributed by atoms with E-state index < -0.39 is 10.0 Å². The van der Waals surface area contributed by atoms with Gasteiger partial charge in [0.15, 0.2) is 0 Å². The SMILES string of the molecule is CNS(=O)(=O)c1ccc(N2CC(C)CC(C)C2C)cc1N. The fourth-order valence-corrected chi connectivity index (χ4v) is 3.96. The number of piperidine rings is 1. The van der Waals surface area contributed by atoms with Gasteiger partial charge >= 0.3 is 0 Å². The molecule has 1 fully saturated rings. The predicted molar refractivity (Wildman–Crippen MR) is 86.9 cm³/mol. The third-order valence-electron chi connectivity index (χ3n) is 4.48. The Labute approximate surface area is 127 Å². The number of sulfonamides is 1. The normalized spacial score (nSPS) is 26.9. The van der Waals surface area contributed by atoms with E-state index in [4.69, 9.17) is 5.73 Å². The monoisotopic (exact) mass is 311 g/mol. The van der Waals surface area contributed by atoms with Crippen LogP contribution in [0.25, 0.3) is 0 Å². The molecule has 0 aromatic heterocycles. The summed E-state index contributed by atoms with van der Waals surface area (Å²) in [5.41, 5.74) is 7.24. The second kappa shape index (κ2) is 5.85. The van der Waals surface area contributed by atoms with Gasteiger partial charge in [-0.2, -0.15) is 0 Å². The van der Waals surface area contributed by atoms with Crippen molar-refractivity contribution < 1.29 is 8.42 Å². The van der Waals surface area contributed by atoms with E-state index in [-0.39, 0.29) is 4.90 Å². The first-order chi connectivity index (χ1) is 9.76.